The van der Waals surface area contributed by atoms with E-state index in [-0.39, 0.29) is 0 Å². The SMILES string of the molecule is CC(Cl)=CCCc1ccccc1. The Bertz CT molecular complexity index is 245. The molecular weight excluding hydrogens is 168 g/mol. The number of hydrogen-bond donors (Lipinski definition) is 0. The van der Waals surface area contributed by atoms with Crippen LogP contribution in [-0.2, 0) is 6.42 Å². The molecule has 1 aromatic carbocycles. The van der Waals surface area contributed by atoms with Crippen molar-refractivity contribution in [1.82, 2.24) is 0 Å². The quantitative estimate of drug-likeness (QED) is 0.665. The highest BCUT2D eigenvalue weighted by Gasteiger charge is 1.88. The summed E-state index contributed by atoms with van der Waals surface area (Å²) in [7, 11) is 0. The van der Waals surface area contributed by atoms with E-state index in [1.54, 1.807) is 0 Å². The minimum atomic E-state index is 0.880. The molecule has 0 N–H and O–H groups in total. The van der Waals surface area contributed by atoms with Crippen LogP contribution in [0.25, 0.3) is 0 Å². The largest absolute Gasteiger partial charge is 0.0898 e. The first kappa shape index (κ1) is 9.34. The highest BCUT2D eigenvalue weighted by molar-refractivity contribution is 6.29. The van der Waals surface area contributed by atoms with Gasteiger partial charge in [0.05, 0.1) is 0 Å². The second kappa shape index (κ2) is 5.00. The lowest BCUT2D eigenvalue weighted by molar-refractivity contribution is 0.997. The van der Waals surface area contributed by atoms with E-state index in [1.165, 1.54) is 5.56 Å². The number of benzene rings is 1. The molecule has 0 nitrogen and oxygen atoms in total. The van der Waals surface area contributed by atoms with Gasteiger partial charge in [0.2, 0.25) is 0 Å². The topological polar surface area (TPSA) is 0 Å². The maximum absolute atomic E-state index is 5.71. The molecule has 0 aliphatic carbocycles. The van der Waals surface area contributed by atoms with Crippen molar-refractivity contribution in [3.63, 3.8) is 0 Å². The van der Waals surface area contributed by atoms with Crippen LogP contribution in [0.2, 0.25) is 0 Å². The first-order chi connectivity index (χ1) is 5.79. The molecule has 12 heavy (non-hydrogen) atoms. The summed E-state index contributed by atoms with van der Waals surface area (Å²) in [6.45, 7) is 1.91. The highest BCUT2D eigenvalue weighted by atomic mass is 35.5. The van der Waals surface area contributed by atoms with Crippen LogP contribution in [0.15, 0.2) is 41.4 Å². The molecule has 0 aliphatic rings. The van der Waals surface area contributed by atoms with Gasteiger partial charge in [0.25, 0.3) is 0 Å². The molecule has 0 saturated carbocycles. The maximum atomic E-state index is 5.71. The average molecular weight is 181 g/mol. The van der Waals surface area contributed by atoms with E-state index in [2.05, 4.69) is 30.3 Å². The second-order valence-electron chi connectivity index (χ2n) is 2.82. The third kappa shape index (κ3) is 3.59. The molecule has 1 aromatic rings. The zero-order valence-corrected chi connectivity index (χ0v) is 8.01. The number of allylic oxidation sites excluding steroid dienone is 2. The normalized spacial score (nSPS) is 11.7. The van der Waals surface area contributed by atoms with E-state index in [1.807, 2.05) is 13.0 Å². The van der Waals surface area contributed by atoms with E-state index >= 15 is 0 Å². The summed E-state index contributed by atoms with van der Waals surface area (Å²) in [4.78, 5) is 0. The van der Waals surface area contributed by atoms with Crippen molar-refractivity contribution in [3.05, 3.63) is 47.0 Å². The van der Waals surface area contributed by atoms with Gasteiger partial charge in [-0.3, -0.25) is 0 Å². The van der Waals surface area contributed by atoms with Gasteiger partial charge in [0.15, 0.2) is 0 Å². The summed E-state index contributed by atoms with van der Waals surface area (Å²) in [6.07, 6.45) is 4.15. The van der Waals surface area contributed by atoms with Gasteiger partial charge in [-0.1, -0.05) is 48.0 Å². The zero-order valence-electron chi connectivity index (χ0n) is 7.26. The fourth-order valence-corrected chi connectivity index (χ4v) is 1.19. The third-order valence-corrected chi connectivity index (χ3v) is 1.86. The summed E-state index contributed by atoms with van der Waals surface area (Å²) in [6, 6.07) is 10.4. The first-order valence-electron chi connectivity index (χ1n) is 4.15. The van der Waals surface area contributed by atoms with Gasteiger partial charge in [-0.05, 0) is 25.3 Å². The molecule has 1 rings (SSSR count). The van der Waals surface area contributed by atoms with E-state index in [0.29, 0.717) is 0 Å². The van der Waals surface area contributed by atoms with Crippen molar-refractivity contribution >= 4 is 11.6 Å². The summed E-state index contributed by atoms with van der Waals surface area (Å²) in [5.74, 6) is 0. The molecule has 0 saturated heterocycles. The molecule has 0 bridgehead atoms. The number of rotatable bonds is 3. The third-order valence-electron chi connectivity index (χ3n) is 1.70. The number of aryl methyl sites for hydroxylation is 1. The average Bonchev–Trinajstić information content (AvgIpc) is 2.05. The van der Waals surface area contributed by atoms with Gasteiger partial charge in [-0.25, -0.2) is 0 Å². The highest BCUT2D eigenvalue weighted by Crippen LogP contribution is 2.06. The summed E-state index contributed by atoms with van der Waals surface area (Å²) in [5.41, 5.74) is 1.37. The molecule has 64 valence electrons. The fraction of sp³-hybridized carbons (Fsp3) is 0.273. The molecule has 0 atom stereocenters. The Morgan fingerprint density at radius 2 is 2.00 bits per heavy atom. The van der Waals surface area contributed by atoms with Crippen LogP contribution in [-0.4, -0.2) is 0 Å². The standard InChI is InChI=1S/C11H13Cl/c1-10(12)6-5-9-11-7-3-2-4-8-11/h2-4,6-8H,5,9H2,1H3. The van der Waals surface area contributed by atoms with E-state index < -0.39 is 0 Å². The minimum absolute atomic E-state index is 0.880. The van der Waals surface area contributed by atoms with Crippen LogP contribution in [0.3, 0.4) is 0 Å². The monoisotopic (exact) mass is 180 g/mol. The van der Waals surface area contributed by atoms with Crippen LogP contribution in [0, 0.1) is 0 Å². The van der Waals surface area contributed by atoms with E-state index in [4.69, 9.17) is 11.6 Å². The molecule has 0 heterocycles. The van der Waals surface area contributed by atoms with Gasteiger partial charge in [-0.15, -0.1) is 0 Å². The summed E-state index contributed by atoms with van der Waals surface area (Å²) < 4.78 is 0. The lowest BCUT2D eigenvalue weighted by Crippen LogP contribution is -1.81. The maximum Gasteiger partial charge on any atom is 0.0110 e. The van der Waals surface area contributed by atoms with Crippen molar-refractivity contribution in [1.29, 1.82) is 0 Å². The molecule has 0 aromatic heterocycles. The Morgan fingerprint density at radius 3 is 2.58 bits per heavy atom. The molecule has 0 spiro atoms. The van der Waals surface area contributed by atoms with Gasteiger partial charge < -0.3 is 0 Å². The fourth-order valence-electron chi connectivity index (χ4n) is 1.08. The lowest BCUT2D eigenvalue weighted by Gasteiger charge is -1.96. The van der Waals surface area contributed by atoms with Gasteiger partial charge in [-0.2, -0.15) is 0 Å². The molecule has 1 heteroatoms. The molecule has 0 fully saturated rings. The summed E-state index contributed by atoms with van der Waals surface area (Å²) in [5, 5.41) is 0.880. The Kier molecular flexibility index (Phi) is 3.89. The Balaban J connectivity index is 2.39. The van der Waals surface area contributed by atoms with Crippen molar-refractivity contribution in [3.8, 4) is 0 Å². The van der Waals surface area contributed by atoms with Crippen molar-refractivity contribution in [2.45, 2.75) is 19.8 Å². The predicted molar refractivity (Wildman–Crippen MR) is 54.4 cm³/mol. The van der Waals surface area contributed by atoms with Crippen LogP contribution < -0.4 is 0 Å². The van der Waals surface area contributed by atoms with Crippen molar-refractivity contribution < 1.29 is 0 Å². The van der Waals surface area contributed by atoms with E-state index in [9.17, 15) is 0 Å². The number of hydrogen-bond acceptors (Lipinski definition) is 0. The van der Waals surface area contributed by atoms with Gasteiger partial charge in [0.1, 0.15) is 0 Å². The molecule has 0 radical (unpaired) electrons. The van der Waals surface area contributed by atoms with Crippen LogP contribution in [0.5, 0.6) is 0 Å². The number of halogens is 1. The first-order valence-corrected chi connectivity index (χ1v) is 4.53. The Hall–Kier alpha value is -0.750. The predicted octanol–water partition coefficient (Wildman–Crippen LogP) is 3.76. The zero-order chi connectivity index (χ0) is 8.81. The minimum Gasteiger partial charge on any atom is -0.0898 e. The van der Waals surface area contributed by atoms with E-state index in [0.717, 1.165) is 17.9 Å². The smallest absolute Gasteiger partial charge is 0.0110 e. The summed E-state index contributed by atoms with van der Waals surface area (Å²) >= 11 is 5.71. The van der Waals surface area contributed by atoms with Gasteiger partial charge in [0, 0.05) is 5.03 Å². The van der Waals surface area contributed by atoms with Crippen molar-refractivity contribution in [2.75, 3.05) is 0 Å². The molecular formula is C11H13Cl. The van der Waals surface area contributed by atoms with Crippen LogP contribution in [0.1, 0.15) is 18.9 Å². The lowest BCUT2D eigenvalue weighted by atomic mass is 10.1. The van der Waals surface area contributed by atoms with Crippen LogP contribution in [0.4, 0.5) is 0 Å². The Labute approximate surface area is 78.9 Å². The Morgan fingerprint density at radius 1 is 1.33 bits per heavy atom. The van der Waals surface area contributed by atoms with Crippen LogP contribution >= 0.6 is 11.6 Å². The molecule has 0 aliphatic heterocycles. The van der Waals surface area contributed by atoms with Crippen molar-refractivity contribution in [2.24, 2.45) is 0 Å². The van der Waals surface area contributed by atoms with Gasteiger partial charge >= 0.3 is 0 Å². The molecule has 0 amide bonds. The molecule has 0 unspecified atom stereocenters. The second-order valence-corrected chi connectivity index (χ2v) is 3.41.